The van der Waals surface area contributed by atoms with Crippen LogP contribution in [0.2, 0.25) is 0 Å². The summed E-state index contributed by atoms with van der Waals surface area (Å²) in [6.45, 7) is 1.66. The van der Waals surface area contributed by atoms with Crippen molar-refractivity contribution in [2.75, 3.05) is 0 Å². The van der Waals surface area contributed by atoms with Gasteiger partial charge in [0.1, 0.15) is 4.90 Å². The van der Waals surface area contributed by atoms with Crippen LogP contribution in [-0.4, -0.2) is 14.3 Å². The Morgan fingerprint density at radius 3 is 2.57 bits per heavy atom. The summed E-state index contributed by atoms with van der Waals surface area (Å²) in [5.41, 5.74) is 0.770. The second kappa shape index (κ2) is 2.80. The quantitative estimate of drug-likeness (QED) is 0.774. The molecule has 0 saturated heterocycles. The Kier molecular flexibility index (Phi) is 1.94. The molecule has 2 rings (SSSR count). The van der Waals surface area contributed by atoms with Gasteiger partial charge in [-0.1, -0.05) is 6.07 Å². The average Bonchev–Trinajstić information content (AvgIpc) is 2.30. The van der Waals surface area contributed by atoms with Gasteiger partial charge in [-0.25, -0.2) is 13.1 Å². The highest BCUT2D eigenvalue weighted by atomic mass is 79.9. The molecule has 0 bridgehead atoms. The van der Waals surface area contributed by atoms with Crippen LogP contribution in [0.15, 0.2) is 21.5 Å². The fraction of sp³-hybridized carbons (Fsp3) is 0.125. The molecule has 1 aromatic rings. The zero-order valence-corrected chi connectivity index (χ0v) is 9.57. The summed E-state index contributed by atoms with van der Waals surface area (Å²) in [5.74, 6) is -0.574. The summed E-state index contributed by atoms with van der Waals surface area (Å²) >= 11 is 3.15. The van der Waals surface area contributed by atoms with Crippen molar-refractivity contribution in [3.05, 3.63) is 27.7 Å². The molecule has 0 aliphatic carbocycles. The molecule has 4 nitrogen and oxygen atoms in total. The monoisotopic (exact) mass is 275 g/mol. The molecule has 0 radical (unpaired) electrons. The van der Waals surface area contributed by atoms with Crippen molar-refractivity contribution in [3.63, 3.8) is 0 Å². The van der Waals surface area contributed by atoms with E-state index in [-0.39, 0.29) is 10.5 Å². The normalized spacial score (nSPS) is 17.7. The minimum atomic E-state index is -3.64. The maximum absolute atomic E-state index is 11.5. The Hall–Kier alpha value is -0.880. The molecule has 1 amide bonds. The van der Waals surface area contributed by atoms with Gasteiger partial charge >= 0.3 is 0 Å². The van der Waals surface area contributed by atoms with Gasteiger partial charge in [0.15, 0.2) is 0 Å². The molecule has 0 saturated carbocycles. The molecule has 0 fully saturated rings. The number of sulfonamides is 1. The Balaban J connectivity index is 2.94. The minimum absolute atomic E-state index is 0.0804. The van der Waals surface area contributed by atoms with Crippen LogP contribution in [0.1, 0.15) is 15.9 Å². The second-order valence-corrected chi connectivity index (χ2v) is 5.48. The number of hydrogen-bond acceptors (Lipinski definition) is 3. The van der Waals surface area contributed by atoms with E-state index in [4.69, 9.17) is 0 Å². The van der Waals surface area contributed by atoms with Gasteiger partial charge in [-0.05, 0) is 34.5 Å². The third-order valence-corrected chi connectivity index (χ3v) is 4.21. The molecule has 0 unspecified atom stereocenters. The first-order valence-electron chi connectivity index (χ1n) is 3.80. The Bertz CT molecular complexity index is 536. The fourth-order valence-corrected chi connectivity index (χ4v) is 3.50. The molecule has 1 heterocycles. The van der Waals surface area contributed by atoms with Gasteiger partial charge < -0.3 is 0 Å². The van der Waals surface area contributed by atoms with Gasteiger partial charge in [-0.3, -0.25) is 4.79 Å². The van der Waals surface area contributed by atoms with Crippen LogP contribution in [0.3, 0.4) is 0 Å². The molecule has 0 spiro atoms. The second-order valence-electron chi connectivity index (χ2n) is 3.00. The highest BCUT2D eigenvalue weighted by Gasteiger charge is 2.35. The molecule has 1 aliphatic heterocycles. The number of hydrogen-bond donors (Lipinski definition) is 1. The van der Waals surface area contributed by atoms with E-state index in [0.29, 0.717) is 10.0 Å². The summed E-state index contributed by atoms with van der Waals surface area (Å²) in [6.07, 6.45) is 0. The summed E-state index contributed by atoms with van der Waals surface area (Å²) in [5, 5.41) is 0. The van der Waals surface area contributed by atoms with Crippen LogP contribution in [0.5, 0.6) is 0 Å². The Morgan fingerprint density at radius 1 is 1.36 bits per heavy atom. The molecule has 74 valence electrons. The third kappa shape index (κ3) is 1.18. The number of halogens is 1. The van der Waals surface area contributed by atoms with Crippen LogP contribution in [0.4, 0.5) is 0 Å². The topological polar surface area (TPSA) is 63.2 Å². The van der Waals surface area contributed by atoms with Crippen LogP contribution in [-0.2, 0) is 10.0 Å². The van der Waals surface area contributed by atoms with Crippen molar-refractivity contribution in [2.24, 2.45) is 0 Å². The van der Waals surface area contributed by atoms with Gasteiger partial charge in [-0.2, -0.15) is 0 Å². The number of benzene rings is 1. The molecule has 1 aromatic carbocycles. The molecule has 0 aromatic heterocycles. The van der Waals surface area contributed by atoms with Gasteiger partial charge in [0.05, 0.1) is 5.56 Å². The van der Waals surface area contributed by atoms with E-state index in [0.717, 1.165) is 0 Å². The highest BCUT2D eigenvalue weighted by Crippen LogP contribution is 2.31. The molecular formula is C8H6BrNO3S. The first-order chi connectivity index (χ1) is 6.43. The van der Waals surface area contributed by atoms with E-state index in [2.05, 4.69) is 15.9 Å². The van der Waals surface area contributed by atoms with Crippen LogP contribution in [0.25, 0.3) is 0 Å². The molecule has 6 heteroatoms. The summed E-state index contributed by atoms with van der Waals surface area (Å²) in [4.78, 5) is 11.4. The number of carbonyl (C=O) groups is 1. The number of fused-ring (bicyclic) bond motifs is 1. The summed E-state index contributed by atoms with van der Waals surface area (Å²) in [6, 6.07) is 3.31. The molecular weight excluding hydrogens is 270 g/mol. The Morgan fingerprint density at radius 2 is 2.00 bits per heavy atom. The predicted octanol–water partition coefficient (Wildman–Crippen LogP) is 1.19. The maximum Gasteiger partial charge on any atom is 0.267 e. The minimum Gasteiger partial charge on any atom is -0.268 e. The van der Waals surface area contributed by atoms with Crippen molar-refractivity contribution < 1.29 is 13.2 Å². The van der Waals surface area contributed by atoms with E-state index in [1.807, 2.05) is 4.72 Å². The van der Waals surface area contributed by atoms with Crippen LogP contribution < -0.4 is 4.72 Å². The number of rotatable bonds is 0. The van der Waals surface area contributed by atoms with E-state index in [9.17, 15) is 13.2 Å². The molecule has 0 atom stereocenters. The molecule has 1 aliphatic rings. The zero-order chi connectivity index (χ0) is 10.5. The maximum atomic E-state index is 11.5. The average molecular weight is 276 g/mol. The first kappa shape index (κ1) is 9.67. The van der Waals surface area contributed by atoms with Gasteiger partial charge in [0.25, 0.3) is 15.9 Å². The number of carbonyl (C=O) groups excluding carboxylic acids is 1. The van der Waals surface area contributed by atoms with Gasteiger partial charge in [0, 0.05) is 4.47 Å². The third-order valence-electron chi connectivity index (χ3n) is 2.03. The fourth-order valence-electron chi connectivity index (χ4n) is 1.44. The number of amides is 1. The van der Waals surface area contributed by atoms with Gasteiger partial charge in [0.2, 0.25) is 0 Å². The van der Waals surface area contributed by atoms with Gasteiger partial charge in [-0.15, -0.1) is 0 Å². The van der Waals surface area contributed by atoms with Crippen molar-refractivity contribution >= 4 is 31.9 Å². The molecule has 1 N–H and O–H groups in total. The lowest BCUT2D eigenvalue weighted by molar-refractivity contribution is 0.0984. The largest absolute Gasteiger partial charge is 0.268 e. The first-order valence-corrected chi connectivity index (χ1v) is 6.07. The predicted molar refractivity (Wildman–Crippen MR) is 53.5 cm³/mol. The van der Waals surface area contributed by atoms with Crippen molar-refractivity contribution in [1.82, 2.24) is 4.72 Å². The summed E-state index contributed by atoms with van der Waals surface area (Å²) in [7, 11) is -3.64. The lowest BCUT2D eigenvalue weighted by atomic mass is 10.1. The zero-order valence-electron chi connectivity index (χ0n) is 7.17. The number of aryl methyl sites for hydroxylation is 1. The smallest absolute Gasteiger partial charge is 0.267 e. The summed E-state index contributed by atoms with van der Waals surface area (Å²) < 4.78 is 25.4. The van der Waals surface area contributed by atoms with E-state index < -0.39 is 15.9 Å². The van der Waals surface area contributed by atoms with Crippen LogP contribution >= 0.6 is 15.9 Å². The standard InChI is InChI=1S/C8H6BrNO3S/c1-4-2-3-5(9)6-7(4)14(12,13)10-8(6)11/h2-3H,1H3,(H,10,11). The van der Waals surface area contributed by atoms with E-state index in [1.165, 1.54) is 0 Å². The number of nitrogens with one attached hydrogen (secondary N) is 1. The molecule has 14 heavy (non-hydrogen) atoms. The van der Waals surface area contributed by atoms with Crippen LogP contribution in [0, 0.1) is 6.92 Å². The lowest BCUT2D eigenvalue weighted by Gasteiger charge is -2.01. The lowest BCUT2D eigenvalue weighted by Crippen LogP contribution is -2.21. The highest BCUT2D eigenvalue weighted by molar-refractivity contribution is 9.10. The van der Waals surface area contributed by atoms with E-state index >= 15 is 0 Å². The van der Waals surface area contributed by atoms with Crippen molar-refractivity contribution in [1.29, 1.82) is 0 Å². The van der Waals surface area contributed by atoms with Crippen molar-refractivity contribution in [3.8, 4) is 0 Å². The SMILES string of the molecule is Cc1ccc(Br)c2c1S(=O)(=O)NC2=O. The Labute approximate surface area is 89.5 Å². The van der Waals surface area contributed by atoms with Crippen molar-refractivity contribution in [2.45, 2.75) is 11.8 Å². The van der Waals surface area contributed by atoms with E-state index in [1.54, 1.807) is 19.1 Å².